The number of rotatable bonds is 6. The number of nitrogens with zero attached hydrogens (tertiary/aromatic N) is 1. The number of esters is 3. The van der Waals surface area contributed by atoms with Gasteiger partial charge in [0, 0.05) is 20.8 Å². The molecule has 146 valence electrons. The first-order valence-electron chi connectivity index (χ1n) is 7.98. The van der Waals surface area contributed by atoms with Crippen molar-refractivity contribution >= 4 is 34.8 Å². The number of hydrogen-bond donors (Lipinski definition) is 1. The molecule has 2 aliphatic rings. The summed E-state index contributed by atoms with van der Waals surface area (Å²) < 4.78 is 33.9. The zero-order valence-electron chi connectivity index (χ0n) is 14.6. The van der Waals surface area contributed by atoms with Crippen molar-refractivity contribution < 1.29 is 37.7 Å². The van der Waals surface area contributed by atoms with Gasteiger partial charge in [0.2, 0.25) is 0 Å². The van der Waals surface area contributed by atoms with Crippen LogP contribution in [-0.4, -0.2) is 72.7 Å². The van der Waals surface area contributed by atoms with Crippen LogP contribution >= 0.6 is 11.8 Å². The number of carbonyl (C=O) groups excluding carboxylic acids is 3. The van der Waals surface area contributed by atoms with E-state index in [1.165, 1.54) is 32.5 Å². The van der Waals surface area contributed by atoms with Crippen molar-refractivity contribution in [3.8, 4) is 0 Å². The van der Waals surface area contributed by atoms with Crippen LogP contribution in [0.1, 0.15) is 20.8 Å². The number of ether oxygens (including phenoxy) is 4. The fraction of sp³-hybridized carbons (Fsp3) is 0.733. The Morgan fingerprint density at radius 2 is 1.81 bits per heavy atom. The predicted octanol–water partition coefficient (Wildman–Crippen LogP) is 0.168. The van der Waals surface area contributed by atoms with Gasteiger partial charge < -0.3 is 24.3 Å². The maximum atomic E-state index is 12.4. The lowest BCUT2D eigenvalue weighted by Gasteiger charge is -2.41. The monoisotopic (exact) mass is 392 g/mol. The Labute approximate surface area is 154 Å². The predicted molar refractivity (Wildman–Crippen MR) is 89.2 cm³/mol. The Balaban J connectivity index is 2.26. The van der Waals surface area contributed by atoms with Crippen LogP contribution in [0.2, 0.25) is 0 Å². The van der Waals surface area contributed by atoms with Crippen molar-refractivity contribution in [2.24, 2.45) is 4.99 Å². The molecule has 1 N–H and O–H groups in total. The largest absolute Gasteiger partial charge is 0.463 e. The van der Waals surface area contributed by atoms with Gasteiger partial charge >= 0.3 is 17.9 Å². The Morgan fingerprint density at radius 3 is 2.38 bits per heavy atom. The molecular formula is C15H21FN2O7S. The van der Waals surface area contributed by atoms with E-state index >= 15 is 0 Å². The Kier molecular flexibility index (Phi) is 7.21. The number of carbonyl (C=O) groups is 3. The summed E-state index contributed by atoms with van der Waals surface area (Å²) >= 11 is 1.20. The molecule has 11 heteroatoms. The first kappa shape index (κ1) is 20.4. The molecule has 2 rings (SSSR count). The van der Waals surface area contributed by atoms with E-state index in [2.05, 4.69) is 10.3 Å². The van der Waals surface area contributed by atoms with Crippen LogP contribution in [0.15, 0.2) is 4.99 Å². The molecule has 9 nitrogen and oxygen atoms in total. The van der Waals surface area contributed by atoms with Crippen LogP contribution in [0.25, 0.3) is 0 Å². The molecule has 1 unspecified atom stereocenters. The van der Waals surface area contributed by atoms with Gasteiger partial charge in [-0.05, 0) is 0 Å². The van der Waals surface area contributed by atoms with E-state index in [0.717, 1.165) is 0 Å². The molecule has 2 aliphatic heterocycles. The molecule has 5 atom stereocenters. The van der Waals surface area contributed by atoms with Gasteiger partial charge in [0.05, 0.1) is 6.54 Å². The van der Waals surface area contributed by atoms with Crippen LogP contribution in [0.5, 0.6) is 0 Å². The second-order valence-electron chi connectivity index (χ2n) is 5.66. The van der Waals surface area contributed by atoms with E-state index in [9.17, 15) is 18.8 Å². The van der Waals surface area contributed by atoms with Gasteiger partial charge in [0.25, 0.3) is 0 Å². The maximum absolute atomic E-state index is 12.4. The normalized spacial score (nSPS) is 31.7. The van der Waals surface area contributed by atoms with E-state index in [-0.39, 0.29) is 13.2 Å². The van der Waals surface area contributed by atoms with E-state index in [1.54, 1.807) is 0 Å². The first-order valence-corrected chi connectivity index (χ1v) is 8.86. The highest BCUT2D eigenvalue weighted by Crippen LogP contribution is 2.36. The zero-order chi connectivity index (χ0) is 19.3. The lowest BCUT2D eigenvalue weighted by atomic mass is 9.97. The van der Waals surface area contributed by atoms with Crippen molar-refractivity contribution in [1.82, 2.24) is 5.32 Å². The molecule has 2 fully saturated rings. The van der Waals surface area contributed by atoms with Crippen molar-refractivity contribution in [2.75, 3.05) is 19.8 Å². The molecule has 0 aliphatic carbocycles. The summed E-state index contributed by atoms with van der Waals surface area (Å²) in [4.78, 5) is 38.2. The molecule has 0 bridgehead atoms. The van der Waals surface area contributed by atoms with Crippen LogP contribution in [-0.2, 0) is 33.3 Å². The SMILES string of the molecule is CC(=O)OC[C@H]1O[C@H]2SC(=NCCF)NC2[C@@H](OC(C)=O)[C@@H]1OC(C)=O. The number of halogens is 1. The van der Waals surface area contributed by atoms with E-state index in [1.807, 2.05) is 0 Å². The third kappa shape index (κ3) is 5.31. The Morgan fingerprint density at radius 1 is 1.15 bits per heavy atom. The molecule has 0 radical (unpaired) electrons. The number of alkyl halides is 1. The number of thioether (sulfide) groups is 1. The van der Waals surface area contributed by atoms with Gasteiger partial charge in [-0.3, -0.25) is 19.4 Å². The van der Waals surface area contributed by atoms with Gasteiger partial charge in [-0.25, -0.2) is 4.39 Å². The Bertz CT molecular complexity index is 588. The van der Waals surface area contributed by atoms with Crippen LogP contribution in [0.3, 0.4) is 0 Å². The number of fused-ring (bicyclic) bond motifs is 1. The summed E-state index contributed by atoms with van der Waals surface area (Å²) in [5.74, 6) is -1.69. The van der Waals surface area contributed by atoms with Crippen LogP contribution < -0.4 is 5.32 Å². The number of hydrogen-bond acceptors (Lipinski definition) is 9. The fourth-order valence-electron chi connectivity index (χ4n) is 2.67. The molecule has 0 aromatic carbocycles. The van der Waals surface area contributed by atoms with E-state index in [0.29, 0.717) is 5.17 Å². The summed E-state index contributed by atoms with van der Waals surface area (Å²) in [6.07, 6.45) is -2.70. The number of nitrogens with one attached hydrogen (secondary N) is 1. The molecule has 0 aromatic heterocycles. The minimum absolute atomic E-state index is 0.0166. The number of aliphatic imine (C=N–C) groups is 1. The summed E-state index contributed by atoms with van der Waals surface area (Å²) in [5.41, 5.74) is -0.537. The van der Waals surface area contributed by atoms with Crippen molar-refractivity contribution in [2.45, 2.75) is 50.6 Å². The maximum Gasteiger partial charge on any atom is 0.303 e. The third-order valence-corrected chi connectivity index (χ3v) is 4.67. The summed E-state index contributed by atoms with van der Waals surface area (Å²) in [5, 5.41) is 3.45. The summed E-state index contributed by atoms with van der Waals surface area (Å²) in [6, 6.07) is -0.555. The average molecular weight is 392 g/mol. The van der Waals surface area contributed by atoms with Gasteiger partial charge in [-0.1, -0.05) is 11.8 Å². The van der Waals surface area contributed by atoms with Crippen LogP contribution in [0, 0.1) is 0 Å². The quantitative estimate of drug-likeness (QED) is 0.499. The minimum atomic E-state index is -0.981. The molecule has 26 heavy (non-hydrogen) atoms. The van der Waals surface area contributed by atoms with Crippen LogP contribution in [0.4, 0.5) is 4.39 Å². The van der Waals surface area contributed by atoms with Gasteiger partial charge in [0.1, 0.15) is 30.9 Å². The smallest absolute Gasteiger partial charge is 0.303 e. The molecule has 2 saturated heterocycles. The second-order valence-corrected chi connectivity index (χ2v) is 6.74. The van der Waals surface area contributed by atoms with Gasteiger partial charge in [0.15, 0.2) is 17.4 Å². The Hall–Kier alpha value is -1.88. The van der Waals surface area contributed by atoms with Gasteiger partial charge in [-0.2, -0.15) is 0 Å². The molecule has 0 amide bonds. The summed E-state index contributed by atoms with van der Waals surface area (Å²) in [7, 11) is 0. The third-order valence-electron chi connectivity index (χ3n) is 3.56. The first-order chi connectivity index (χ1) is 12.3. The average Bonchev–Trinajstić information content (AvgIpc) is 2.95. The van der Waals surface area contributed by atoms with Crippen molar-refractivity contribution in [1.29, 1.82) is 0 Å². The van der Waals surface area contributed by atoms with E-state index < -0.39 is 54.4 Å². The van der Waals surface area contributed by atoms with Crippen molar-refractivity contribution in [3.05, 3.63) is 0 Å². The number of amidine groups is 1. The minimum Gasteiger partial charge on any atom is -0.463 e. The summed E-state index contributed by atoms with van der Waals surface area (Å²) in [6.45, 7) is 2.88. The molecule has 0 aromatic rings. The molecule has 2 heterocycles. The molecule has 0 spiro atoms. The lowest BCUT2D eigenvalue weighted by Crippen LogP contribution is -2.62. The van der Waals surface area contributed by atoms with Gasteiger partial charge in [-0.15, -0.1) is 0 Å². The standard InChI is InChI=1S/C15H21FN2O7S/c1-7(19)22-6-10-12(23-8(2)20)13(24-9(3)21)11-14(25-10)26-15(18-11)17-5-4-16/h10-14H,4-6H2,1-3H3,(H,17,18)/t10-,11?,12-,13-,14+/m1/s1. The fourth-order valence-corrected chi connectivity index (χ4v) is 3.83. The zero-order valence-corrected chi connectivity index (χ0v) is 15.4. The highest BCUT2D eigenvalue weighted by molar-refractivity contribution is 8.14. The highest BCUT2D eigenvalue weighted by atomic mass is 32.2. The van der Waals surface area contributed by atoms with E-state index in [4.69, 9.17) is 18.9 Å². The second kappa shape index (κ2) is 9.17. The highest BCUT2D eigenvalue weighted by Gasteiger charge is 2.53. The van der Waals surface area contributed by atoms with Crippen molar-refractivity contribution in [3.63, 3.8) is 0 Å². The lowest BCUT2D eigenvalue weighted by molar-refractivity contribution is -0.209. The molecular weight excluding hydrogens is 371 g/mol. The molecule has 0 saturated carbocycles. The topological polar surface area (TPSA) is 113 Å².